The Morgan fingerprint density at radius 2 is 0.722 bits per heavy atom. The van der Waals surface area contributed by atoms with E-state index in [1.807, 2.05) is 232 Å². The average Bonchev–Trinajstić information content (AvgIpc) is 1.54. The molecule has 0 atom stereocenters. The Hall–Kier alpha value is -11.8. The van der Waals surface area contributed by atoms with Crippen LogP contribution in [0.3, 0.4) is 0 Å². The van der Waals surface area contributed by atoms with Crippen LogP contribution in [0.5, 0.6) is 0 Å². The number of pyridine rings is 3. The fourth-order valence-corrected chi connectivity index (χ4v) is 18.7. The molecule has 0 spiro atoms. The molecule has 0 amide bonds. The fourth-order valence-electron chi connectivity index (χ4n) is 18.7. The van der Waals surface area contributed by atoms with Crippen LogP contribution >= 0.6 is 0 Å². The van der Waals surface area contributed by atoms with E-state index in [0.717, 1.165) is 116 Å². The Labute approximate surface area is 962 Å². The number of hydrogen-bond acceptors (Lipinski definition) is 6. The van der Waals surface area contributed by atoms with Gasteiger partial charge in [-0.15, -0.1) is 197 Å². The molecule has 0 fully saturated rings. The molecule has 12 nitrogen and oxygen atoms in total. The van der Waals surface area contributed by atoms with E-state index in [2.05, 4.69) is 159 Å². The third kappa shape index (κ3) is 22.2. The van der Waals surface area contributed by atoms with Gasteiger partial charge in [-0.1, -0.05) is 217 Å². The molecule has 18 heteroatoms. The van der Waals surface area contributed by atoms with E-state index in [9.17, 15) is 0 Å². The maximum Gasteiger partial charge on any atom is 0.0669 e. The van der Waals surface area contributed by atoms with E-state index in [4.69, 9.17) is 37.9 Å². The quantitative estimate of drug-likeness (QED) is 0.0891. The largest absolute Gasteiger partial charge is 0.340 e. The molecule has 0 bridgehead atoms. The third-order valence-corrected chi connectivity index (χ3v) is 24.9. The van der Waals surface area contributed by atoms with Gasteiger partial charge in [-0.3, -0.25) is 29.9 Å². The van der Waals surface area contributed by atoms with Crippen LogP contribution in [0.15, 0.2) is 316 Å². The van der Waals surface area contributed by atoms with Gasteiger partial charge < -0.3 is 26.9 Å². The van der Waals surface area contributed by atoms with Crippen LogP contribution in [0.2, 0.25) is 0 Å². The van der Waals surface area contributed by atoms with E-state index in [-0.39, 0.29) is 183 Å². The van der Waals surface area contributed by atoms with Gasteiger partial charge >= 0.3 is 0 Å². The van der Waals surface area contributed by atoms with Crippen LogP contribution in [0.25, 0.3) is 156 Å². The first-order chi connectivity index (χ1) is 76.5. The molecule has 0 saturated heterocycles. The summed E-state index contributed by atoms with van der Waals surface area (Å²) in [4.78, 5) is 26.9. The third-order valence-electron chi connectivity index (χ3n) is 24.9. The van der Waals surface area contributed by atoms with Crippen LogP contribution in [-0.4, -0.2) is 56.8 Å². The minimum atomic E-state index is -2.46. The van der Waals surface area contributed by atoms with Crippen molar-refractivity contribution < 1.29 is 154 Å². The number of rotatable bonds is 12. The Morgan fingerprint density at radius 3 is 1.19 bits per heavy atom. The second-order valence-electron chi connectivity index (χ2n) is 35.4. The Bertz CT molecular complexity index is 9240. The molecular weight excluding hydrogens is 2830 g/mol. The number of aromatic nitrogens is 12. The molecule has 0 saturated carbocycles. The number of hydrogen-bond donors (Lipinski definition) is 0. The predicted octanol–water partition coefficient (Wildman–Crippen LogP) is 31.9. The summed E-state index contributed by atoms with van der Waals surface area (Å²) in [6.45, 7) is 6.35. The van der Waals surface area contributed by atoms with E-state index < -0.39 is 54.8 Å². The van der Waals surface area contributed by atoms with Gasteiger partial charge in [0, 0.05) is 246 Å². The maximum absolute atomic E-state index is 8.24. The zero-order valence-corrected chi connectivity index (χ0v) is 95.1. The second kappa shape index (κ2) is 48.5. The van der Waals surface area contributed by atoms with Crippen molar-refractivity contribution in [3.05, 3.63) is 442 Å². The van der Waals surface area contributed by atoms with Crippen molar-refractivity contribution in [2.24, 2.45) is 0 Å². The van der Waals surface area contributed by atoms with Crippen molar-refractivity contribution >= 4 is 82.0 Å². The number of fused-ring (bicyclic) bond motifs is 18. The maximum atomic E-state index is 8.24. The molecule has 6 radical (unpaired) electrons. The molecule has 9 heterocycles. The van der Waals surface area contributed by atoms with E-state index >= 15 is 0 Å². The van der Waals surface area contributed by atoms with Crippen molar-refractivity contribution in [2.75, 3.05) is 0 Å². The number of nitrogens with zero attached hydrogens (tertiary/aromatic N) is 12. The molecule has 9 aromatic heterocycles. The molecule has 0 N–H and O–H groups in total. The van der Waals surface area contributed by atoms with E-state index in [1.165, 1.54) is 46.3 Å². The van der Waals surface area contributed by atoms with Crippen LogP contribution in [0.1, 0.15) is 202 Å². The molecule has 0 aliphatic carbocycles. The van der Waals surface area contributed by atoms with Gasteiger partial charge in [-0.05, 0) is 196 Å². The zero-order chi connectivity index (χ0) is 116. The molecule has 23 rings (SSSR count). The molecule has 0 aliphatic heterocycles. The summed E-state index contributed by atoms with van der Waals surface area (Å²) in [5, 5.41) is 7.97. The summed E-state index contributed by atoms with van der Waals surface area (Å²) in [7, 11) is 0. The summed E-state index contributed by atoms with van der Waals surface area (Å²) in [6, 6.07) is 108. The first-order valence-corrected chi connectivity index (χ1v) is 45.9. The SMILES string of the molecule is [2H]C([2H])([2H])c1ccc2c(c1)c1ccc[c-]c1c1nc(C([2H])([2H])[2H])c(-c3c(C)cccc3C)n21.[2H]C([2H])([2H])c1cccc(C([2H])([2H])[2H])c1-n1ccnc1-c1[c-]cccc1.[2H]C([2H])([2H])c1cn(-c2c(C(C)C)cccc2C(C)C)c(-c2[c-]cccc2)n1.[2H]C([2H])([2H])c1cn2c3ccccc3c3ccc[c-]c3c2n1.[2H]C([2H])([2H])c1cnc(-c2[c-]cccc2)n1-c1c(C(C)C)cccc1C(C)C.[2H]C([2H])([2H])c1nc2c3[c-]cccc3c3ccccc3n2c1-c1c(C)cccc1C.[Ir].[Ir].[Ir].[Ir].[Ir].[Ir]. The van der Waals surface area contributed by atoms with Crippen LogP contribution in [-0.2, 0) is 121 Å². The van der Waals surface area contributed by atoms with Crippen LogP contribution in [0.4, 0.5) is 0 Å². The number of para-hydroxylation sites is 5. The van der Waals surface area contributed by atoms with E-state index in [1.54, 1.807) is 61.1 Å². The van der Waals surface area contributed by atoms with Crippen molar-refractivity contribution in [3.63, 3.8) is 0 Å². The first-order valence-electron chi connectivity index (χ1n) is 57.9. The number of aryl methyl sites for hydroxylation is 12. The summed E-state index contributed by atoms with van der Waals surface area (Å²) < 4.78 is 201. The second-order valence-corrected chi connectivity index (χ2v) is 35.4. The molecule has 14 aromatic carbocycles. The Balaban J connectivity index is 0.000000176. The number of imidazole rings is 6. The smallest absolute Gasteiger partial charge is 0.0669 e. The van der Waals surface area contributed by atoms with Crippen molar-refractivity contribution in [3.8, 4) is 73.7 Å². The molecule has 0 aliphatic rings. The minimum Gasteiger partial charge on any atom is -0.340 e. The van der Waals surface area contributed by atoms with Gasteiger partial charge in [0.05, 0.1) is 57.2 Å². The Kier molecular flexibility index (Phi) is 27.4. The van der Waals surface area contributed by atoms with E-state index in [0.29, 0.717) is 79.5 Å². The molecule has 0 unspecified atom stereocenters. The number of benzene rings is 14. The summed E-state index contributed by atoms with van der Waals surface area (Å²) >= 11 is 0. The summed E-state index contributed by atoms with van der Waals surface area (Å²) in [5.74, 6) is 2.74. The van der Waals surface area contributed by atoms with Gasteiger partial charge in [-0.25, -0.2) is 0 Å². The summed E-state index contributed by atoms with van der Waals surface area (Å²) in [5.41, 5.74) is 20.7. The molecule has 740 valence electrons. The topological polar surface area (TPSA) is 105 Å². The minimum absolute atomic E-state index is 0. The van der Waals surface area contributed by atoms with Gasteiger partial charge in [0.15, 0.2) is 0 Å². The van der Waals surface area contributed by atoms with Crippen molar-refractivity contribution in [1.29, 1.82) is 0 Å². The monoisotopic (exact) mass is 2980 g/mol. The summed E-state index contributed by atoms with van der Waals surface area (Å²) in [6.07, 6.45) is 7.82. The van der Waals surface area contributed by atoms with Gasteiger partial charge in [-0.2, -0.15) is 0 Å². The first kappa shape index (κ1) is 81.4. The fraction of sp³-hybridized carbons (Fsp3) is 0.190. The molecule has 144 heavy (non-hydrogen) atoms. The van der Waals surface area contributed by atoms with Gasteiger partial charge in [0.2, 0.25) is 0 Å². The molecule has 23 aromatic rings. The Morgan fingerprint density at radius 1 is 0.306 bits per heavy atom. The van der Waals surface area contributed by atoms with Crippen molar-refractivity contribution in [1.82, 2.24) is 56.8 Å². The normalized spacial score (nSPS) is 14.1. The average molecular weight is 2980 g/mol. The van der Waals surface area contributed by atoms with Crippen LogP contribution < -0.4 is 0 Å². The zero-order valence-electron chi connectivity index (χ0n) is 105. The standard InChI is InChI=1S/C25H21N2.C24H19N2.2C22H25N2.C17H15N2.C16H11N2.6Ir/c1-15-12-13-22-21(14-15)19-10-5-6-11-20(19)25-26-18(4)24(27(22)25)23-16(2)8-7-9-17(23)3;1-15-9-8-10-16(2)22(15)23-17(3)25-24-20-13-5-4-11-18(20)19-12-6-7-14-21(19)26(23)24;1-15(2)19-12-9-13-20(16(3)4)21(19)24-14-17(5)23-22(24)18-10-7-6-8-11-18;1-15(2)19-12-9-13-20(16(3)4)21(19)24-17(5)14-23-22(24)18-10-7-6-8-11-18;1-13-7-6-8-14(2)16(13)19-12-11-18-17(19)15-9-4-3-5-10-15;1-11-10-18-15-9-5-4-7-13(15)12-6-2-3-8-14(12)16(18)17-11;;;;;;/h5-10,12-14H,1-4H3;4-12,14H,1-3H3;2*6-10,12-16H,1-5H3;3-9,11-12H,1-2H3;2-7,9-10H,1H3;;;;;;/q6*-1;;;;;;/i1D3,4D3;3D3;2*5D3;1D3,2D3;1D3;;;;;;. The molecular formula is C126H116Ir6N12-6. The van der Waals surface area contributed by atoms with Gasteiger partial charge in [0.1, 0.15) is 0 Å². The van der Waals surface area contributed by atoms with Crippen LogP contribution in [0, 0.1) is 119 Å². The predicted molar refractivity (Wildman–Crippen MR) is 575 cm³/mol. The van der Waals surface area contributed by atoms with Crippen molar-refractivity contribution in [2.45, 2.75) is 162 Å². The van der Waals surface area contributed by atoms with Gasteiger partial charge in [0.25, 0.3) is 0 Å².